The van der Waals surface area contributed by atoms with Gasteiger partial charge in [0, 0.05) is 11.8 Å². The monoisotopic (exact) mass is 315 g/mol. The molecule has 4 aliphatic rings. The van der Waals surface area contributed by atoms with Crippen molar-refractivity contribution in [2.24, 2.45) is 11.8 Å². The molecule has 2 saturated heterocycles. The zero-order chi connectivity index (χ0) is 15.8. The van der Waals surface area contributed by atoms with Crippen molar-refractivity contribution in [1.82, 2.24) is 0 Å². The Hall–Kier alpha value is -2.54. The number of anilines is 1. The predicted octanol–water partition coefficient (Wildman–Crippen LogP) is 0.786. The molecule has 5 rings (SSSR count). The van der Waals surface area contributed by atoms with E-state index in [2.05, 4.69) is 0 Å². The standard InChI is InChI=1S/C16H13NO6/c18-14-13-12(15(19)20)10-3-4-16(13,23-10)6-17(14)8-1-2-9-11(5-8)22-7-21-9/h1-5,10,12-13H,6-7H2,(H,19,20)/t10-,12+,13-,16+/m0/s1. The van der Waals surface area contributed by atoms with Crippen LogP contribution < -0.4 is 14.4 Å². The molecule has 0 radical (unpaired) electrons. The highest BCUT2D eigenvalue weighted by Crippen LogP contribution is 2.53. The van der Waals surface area contributed by atoms with Crippen LogP contribution in [0.5, 0.6) is 11.5 Å². The Labute approximate surface area is 131 Å². The highest BCUT2D eigenvalue weighted by Gasteiger charge is 2.67. The van der Waals surface area contributed by atoms with Crippen LogP contribution in [0.2, 0.25) is 0 Å². The minimum absolute atomic E-state index is 0.161. The van der Waals surface area contributed by atoms with Crippen LogP contribution in [0, 0.1) is 11.8 Å². The number of hydrogen-bond donors (Lipinski definition) is 1. The topological polar surface area (TPSA) is 85.3 Å². The van der Waals surface area contributed by atoms with Crippen molar-refractivity contribution in [3.05, 3.63) is 30.4 Å². The summed E-state index contributed by atoms with van der Waals surface area (Å²) in [5.41, 5.74) is -0.172. The number of carboxylic acid groups (broad SMARTS) is 1. The summed E-state index contributed by atoms with van der Waals surface area (Å²) in [6.45, 7) is 0.473. The zero-order valence-electron chi connectivity index (χ0n) is 12.0. The highest BCUT2D eigenvalue weighted by molar-refractivity contribution is 6.02. The fourth-order valence-electron chi connectivity index (χ4n) is 4.05. The maximum absolute atomic E-state index is 12.9. The summed E-state index contributed by atoms with van der Waals surface area (Å²) in [6.07, 6.45) is 3.08. The van der Waals surface area contributed by atoms with Gasteiger partial charge in [-0.05, 0) is 12.1 Å². The van der Waals surface area contributed by atoms with Gasteiger partial charge >= 0.3 is 5.97 Å². The molecule has 1 aromatic carbocycles. The summed E-state index contributed by atoms with van der Waals surface area (Å²) in [6, 6.07) is 5.26. The zero-order valence-corrected chi connectivity index (χ0v) is 12.0. The van der Waals surface area contributed by atoms with Crippen molar-refractivity contribution in [2.75, 3.05) is 18.2 Å². The van der Waals surface area contributed by atoms with Gasteiger partial charge < -0.3 is 24.2 Å². The van der Waals surface area contributed by atoms with E-state index in [-0.39, 0.29) is 12.7 Å². The molecule has 4 heterocycles. The maximum atomic E-state index is 12.9. The minimum atomic E-state index is -0.993. The molecule has 1 N–H and O–H groups in total. The second kappa shape index (κ2) is 4.05. The third-order valence-corrected chi connectivity index (χ3v) is 5.05. The summed E-state index contributed by atoms with van der Waals surface area (Å²) < 4.78 is 16.5. The van der Waals surface area contributed by atoms with E-state index in [1.165, 1.54) is 0 Å². The summed E-state index contributed by atoms with van der Waals surface area (Å²) in [5, 5.41) is 9.46. The molecule has 23 heavy (non-hydrogen) atoms. The van der Waals surface area contributed by atoms with E-state index in [0.717, 1.165) is 0 Å². The summed E-state index contributed by atoms with van der Waals surface area (Å²) in [7, 11) is 0. The van der Waals surface area contributed by atoms with E-state index < -0.39 is 29.5 Å². The van der Waals surface area contributed by atoms with Gasteiger partial charge in [0.2, 0.25) is 12.7 Å². The molecule has 7 nitrogen and oxygen atoms in total. The fourth-order valence-corrected chi connectivity index (χ4v) is 4.05. The molecule has 4 aliphatic heterocycles. The lowest BCUT2D eigenvalue weighted by Gasteiger charge is -2.21. The largest absolute Gasteiger partial charge is 0.481 e. The Kier molecular flexibility index (Phi) is 2.28. The molecule has 1 amide bonds. The Balaban J connectivity index is 1.54. The van der Waals surface area contributed by atoms with Gasteiger partial charge in [-0.15, -0.1) is 0 Å². The van der Waals surface area contributed by atoms with Crippen LogP contribution in [0.4, 0.5) is 5.69 Å². The number of carbonyl (C=O) groups is 2. The third-order valence-electron chi connectivity index (χ3n) is 5.05. The van der Waals surface area contributed by atoms with Crippen LogP contribution in [-0.4, -0.2) is 42.0 Å². The van der Waals surface area contributed by atoms with Crippen molar-refractivity contribution in [2.45, 2.75) is 11.7 Å². The van der Waals surface area contributed by atoms with Crippen molar-refractivity contribution < 1.29 is 28.9 Å². The van der Waals surface area contributed by atoms with Gasteiger partial charge in [-0.1, -0.05) is 12.2 Å². The van der Waals surface area contributed by atoms with Crippen LogP contribution in [-0.2, 0) is 14.3 Å². The molecular formula is C16H13NO6. The van der Waals surface area contributed by atoms with E-state index >= 15 is 0 Å². The van der Waals surface area contributed by atoms with Gasteiger partial charge in [0.15, 0.2) is 11.5 Å². The first-order chi connectivity index (χ1) is 11.1. The first kappa shape index (κ1) is 13.0. The molecule has 2 bridgehead atoms. The van der Waals surface area contributed by atoms with E-state index in [1.807, 2.05) is 6.08 Å². The molecule has 0 saturated carbocycles. The molecule has 1 spiro atoms. The number of nitrogens with zero attached hydrogens (tertiary/aromatic N) is 1. The number of amides is 1. The number of ether oxygens (including phenoxy) is 3. The van der Waals surface area contributed by atoms with E-state index in [9.17, 15) is 14.7 Å². The lowest BCUT2D eigenvalue weighted by atomic mass is 9.77. The number of aliphatic carboxylic acids is 1. The molecule has 4 atom stereocenters. The second-order valence-electron chi connectivity index (χ2n) is 6.20. The van der Waals surface area contributed by atoms with Gasteiger partial charge in [-0.3, -0.25) is 9.59 Å². The lowest BCUT2D eigenvalue weighted by Crippen LogP contribution is -2.39. The van der Waals surface area contributed by atoms with Crippen molar-refractivity contribution >= 4 is 17.6 Å². The fraction of sp³-hybridized carbons (Fsp3) is 0.375. The number of benzene rings is 1. The summed E-state index contributed by atoms with van der Waals surface area (Å²) >= 11 is 0. The average Bonchev–Trinajstić information content (AvgIpc) is 3.26. The number of carbonyl (C=O) groups excluding carboxylic acids is 1. The van der Waals surface area contributed by atoms with Crippen molar-refractivity contribution in [3.63, 3.8) is 0 Å². The first-order valence-electron chi connectivity index (χ1n) is 7.40. The van der Waals surface area contributed by atoms with Crippen LogP contribution in [0.1, 0.15) is 0 Å². The number of hydrogen-bond acceptors (Lipinski definition) is 5. The van der Waals surface area contributed by atoms with E-state index in [1.54, 1.807) is 29.2 Å². The van der Waals surface area contributed by atoms with Gasteiger partial charge in [0.05, 0.1) is 18.6 Å². The summed E-state index contributed by atoms with van der Waals surface area (Å²) in [5.74, 6) is -1.50. The van der Waals surface area contributed by atoms with Gasteiger partial charge in [-0.2, -0.15) is 0 Å². The number of rotatable bonds is 2. The van der Waals surface area contributed by atoms with Gasteiger partial charge in [0.1, 0.15) is 11.5 Å². The normalized spacial score (nSPS) is 35.9. The Bertz CT molecular complexity index is 774. The molecule has 7 heteroatoms. The third kappa shape index (κ3) is 1.52. The second-order valence-corrected chi connectivity index (χ2v) is 6.20. The number of fused-ring (bicyclic) bond motifs is 2. The van der Waals surface area contributed by atoms with Crippen LogP contribution in [0.15, 0.2) is 30.4 Å². The molecule has 2 fully saturated rings. The Morgan fingerprint density at radius 1 is 1.30 bits per heavy atom. The van der Waals surface area contributed by atoms with Crippen LogP contribution in [0.25, 0.3) is 0 Å². The van der Waals surface area contributed by atoms with Crippen molar-refractivity contribution in [1.29, 1.82) is 0 Å². The van der Waals surface area contributed by atoms with Gasteiger partial charge in [0.25, 0.3) is 0 Å². The Morgan fingerprint density at radius 3 is 2.96 bits per heavy atom. The number of carboxylic acids is 1. The molecule has 0 aliphatic carbocycles. The lowest BCUT2D eigenvalue weighted by molar-refractivity contribution is -0.146. The SMILES string of the molecule is O=C(O)[C@@H]1[C@@H]2C=C[C@]3(CN(c4ccc5c(c4)OCO5)C(=O)[C@H]13)O2. The van der Waals surface area contributed by atoms with E-state index in [4.69, 9.17) is 14.2 Å². The Morgan fingerprint density at radius 2 is 2.13 bits per heavy atom. The minimum Gasteiger partial charge on any atom is -0.481 e. The molecule has 0 aromatic heterocycles. The van der Waals surface area contributed by atoms with Crippen molar-refractivity contribution in [3.8, 4) is 11.5 Å². The molecule has 118 valence electrons. The van der Waals surface area contributed by atoms with Crippen LogP contribution >= 0.6 is 0 Å². The first-order valence-corrected chi connectivity index (χ1v) is 7.40. The molecule has 1 aromatic rings. The highest BCUT2D eigenvalue weighted by atomic mass is 16.7. The molecule has 0 unspecified atom stereocenters. The molecular weight excluding hydrogens is 302 g/mol. The smallest absolute Gasteiger partial charge is 0.310 e. The van der Waals surface area contributed by atoms with E-state index in [0.29, 0.717) is 23.7 Å². The quantitative estimate of drug-likeness (QED) is 0.812. The van der Waals surface area contributed by atoms with Crippen LogP contribution in [0.3, 0.4) is 0 Å². The van der Waals surface area contributed by atoms with Gasteiger partial charge in [-0.25, -0.2) is 0 Å². The average molecular weight is 315 g/mol. The predicted molar refractivity (Wildman–Crippen MR) is 76.3 cm³/mol. The summed E-state index contributed by atoms with van der Waals surface area (Å²) in [4.78, 5) is 26.0. The maximum Gasteiger partial charge on any atom is 0.310 e.